The lowest BCUT2D eigenvalue weighted by Crippen LogP contribution is -2.08. The maximum atomic E-state index is 11.4. The van der Waals surface area contributed by atoms with Gasteiger partial charge in [0.2, 0.25) is 0 Å². The Kier molecular flexibility index (Phi) is 3.12. The third kappa shape index (κ3) is 1.71. The van der Waals surface area contributed by atoms with Crippen molar-refractivity contribution < 1.29 is 9.53 Å². The number of nitrogens with two attached hydrogens (primary N) is 1. The molecule has 0 aliphatic heterocycles. The first-order valence-corrected chi connectivity index (χ1v) is 4.58. The van der Waals surface area contributed by atoms with Gasteiger partial charge in [0.25, 0.3) is 0 Å². The van der Waals surface area contributed by atoms with Crippen molar-refractivity contribution in [2.75, 3.05) is 12.8 Å². The van der Waals surface area contributed by atoms with E-state index in [-0.39, 0.29) is 5.97 Å². The molecule has 0 aliphatic rings. The van der Waals surface area contributed by atoms with Gasteiger partial charge in [-0.1, -0.05) is 6.92 Å². The first-order chi connectivity index (χ1) is 6.61. The molecule has 0 spiro atoms. The van der Waals surface area contributed by atoms with Crippen molar-refractivity contribution in [2.45, 2.75) is 20.3 Å². The van der Waals surface area contributed by atoms with E-state index < -0.39 is 0 Å². The number of esters is 1. The highest BCUT2D eigenvalue weighted by Gasteiger charge is 2.13. The molecule has 3 heteroatoms. The van der Waals surface area contributed by atoms with Gasteiger partial charge in [-0.05, 0) is 36.6 Å². The van der Waals surface area contributed by atoms with E-state index >= 15 is 0 Å². The molecule has 0 unspecified atom stereocenters. The smallest absolute Gasteiger partial charge is 0.338 e. The van der Waals surface area contributed by atoms with Gasteiger partial charge in [-0.25, -0.2) is 4.79 Å². The van der Waals surface area contributed by atoms with Crippen LogP contribution in [0.5, 0.6) is 0 Å². The first-order valence-electron chi connectivity index (χ1n) is 4.58. The van der Waals surface area contributed by atoms with Gasteiger partial charge in [-0.3, -0.25) is 0 Å². The standard InChI is InChI=1S/C11H15NO2/c1-4-8-7(2)10(12)6-5-9(8)11(13)14-3/h5-6H,4,12H2,1-3H3. The van der Waals surface area contributed by atoms with E-state index in [0.717, 1.165) is 23.2 Å². The van der Waals surface area contributed by atoms with Gasteiger partial charge < -0.3 is 10.5 Å². The highest BCUT2D eigenvalue weighted by molar-refractivity contribution is 5.92. The molecule has 3 nitrogen and oxygen atoms in total. The number of nitrogen functional groups attached to an aromatic ring is 1. The number of carbonyl (C=O) groups is 1. The van der Waals surface area contributed by atoms with Crippen molar-refractivity contribution in [3.8, 4) is 0 Å². The molecular formula is C11H15NO2. The van der Waals surface area contributed by atoms with Gasteiger partial charge in [0.05, 0.1) is 12.7 Å². The van der Waals surface area contributed by atoms with Gasteiger partial charge in [0.1, 0.15) is 0 Å². The van der Waals surface area contributed by atoms with Crippen molar-refractivity contribution in [1.29, 1.82) is 0 Å². The van der Waals surface area contributed by atoms with Crippen LogP contribution in [0.3, 0.4) is 0 Å². The average molecular weight is 193 g/mol. The van der Waals surface area contributed by atoms with Crippen LogP contribution in [-0.2, 0) is 11.2 Å². The predicted octanol–water partition coefficient (Wildman–Crippen LogP) is 1.93. The Morgan fingerprint density at radius 2 is 2.14 bits per heavy atom. The molecule has 0 fully saturated rings. The quantitative estimate of drug-likeness (QED) is 0.576. The summed E-state index contributed by atoms with van der Waals surface area (Å²) in [5, 5.41) is 0. The van der Waals surface area contributed by atoms with Gasteiger partial charge in [0, 0.05) is 5.69 Å². The Balaban J connectivity index is 3.31. The molecule has 0 atom stereocenters. The van der Waals surface area contributed by atoms with Gasteiger partial charge in [-0.2, -0.15) is 0 Å². The van der Waals surface area contributed by atoms with Gasteiger partial charge in [-0.15, -0.1) is 0 Å². The number of rotatable bonds is 2. The molecular weight excluding hydrogens is 178 g/mol. The van der Waals surface area contributed by atoms with Gasteiger partial charge >= 0.3 is 5.97 Å². The van der Waals surface area contributed by atoms with Crippen molar-refractivity contribution in [3.05, 3.63) is 28.8 Å². The molecule has 0 radical (unpaired) electrons. The minimum Gasteiger partial charge on any atom is -0.465 e. The Labute approximate surface area is 83.9 Å². The molecule has 0 amide bonds. The highest BCUT2D eigenvalue weighted by Crippen LogP contribution is 2.21. The van der Waals surface area contributed by atoms with Crippen LogP contribution < -0.4 is 5.73 Å². The lowest BCUT2D eigenvalue weighted by atomic mass is 9.98. The topological polar surface area (TPSA) is 52.3 Å². The molecule has 0 heterocycles. The van der Waals surface area contributed by atoms with E-state index in [2.05, 4.69) is 0 Å². The Morgan fingerprint density at radius 1 is 1.50 bits per heavy atom. The zero-order valence-electron chi connectivity index (χ0n) is 8.76. The third-order valence-corrected chi connectivity index (χ3v) is 2.40. The Hall–Kier alpha value is -1.51. The monoisotopic (exact) mass is 193 g/mol. The normalized spacial score (nSPS) is 9.93. The highest BCUT2D eigenvalue weighted by atomic mass is 16.5. The molecule has 1 aromatic rings. The Morgan fingerprint density at radius 3 is 2.64 bits per heavy atom. The minimum atomic E-state index is -0.301. The van der Waals surface area contributed by atoms with Crippen molar-refractivity contribution in [3.63, 3.8) is 0 Å². The van der Waals surface area contributed by atoms with Crippen LogP contribution in [0.15, 0.2) is 12.1 Å². The zero-order chi connectivity index (χ0) is 10.7. The van der Waals surface area contributed by atoms with Crippen molar-refractivity contribution in [2.24, 2.45) is 0 Å². The first kappa shape index (κ1) is 10.6. The second kappa shape index (κ2) is 4.13. The average Bonchev–Trinajstić information content (AvgIpc) is 2.20. The summed E-state index contributed by atoms with van der Waals surface area (Å²) in [6, 6.07) is 3.45. The van der Waals surface area contributed by atoms with Gasteiger partial charge in [0.15, 0.2) is 0 Å². The fraction of sp³-hybridized carbons (Fsp3) is 0.364. The van der Waals surface area contributed by atoms with E-state index in [9.17, 15) is 4.79 Å². The maximum absolute atomic E-state index is 11.4. The fourth-order valence-electron chi connectivity index (χ4n) is 1.53. The van der Waals surface area contributed by atoms with E-state index in [4.69, 9.17) is 10.5 Å². The summed E-state index contributed by atoms with van der Waals surface area (Å²) in [6.45, 7) is 3.91. The summed E-state index contributed by atoms with van der Waals surface area (Å²) >= 11 is 0. The molecule has 76 valence electrons. The number of hydrogen-bond donors (Lipinski definition) is 1. The fourth-order valence-corrected chi connectivity index (χ4v) is 1.53. The number of benzene rings is 1. The van der Waals surface area contributed by atoms with Crippen LogP contribution in [0.1, 0.15) is 28.4 Å². The molecule has 0 bridgehead atoms. The van der Waals surface area contributed by atoms with Crippen LogP contribution in [0.2, 0.25) is 0 Å². The zero-order valence-corrected chi connectivity index (χ0v) is 8.76. The number of hydrogen-bond acceptors (Lipinski definition) is 3. The molecule has 14 heavy (non-hydrogen) atoms. The SMILES string of the molecule is CCc1c(C(=O)OC)ccc(N)c1C. The number of methoxy groups -OCH3 is 1. The summed E-state index contributed by atoms with van der Waals surface area (Å²) in [5.41, 5.74) is 9.02. The lowest BCUT2D eigenvalue weighted by molar-refractivity contribution is 0.0599. The predicted molar refractivity (Wildman–Crippen MR) is 56.3 cm³/mol. The summed E-state index contributed by atoms with van der Waals surface area (Å²) in [4.78, 5) is 11.4. The molecule has 2 N–H and O–H groups in total. The third-order valence-electron chi connectivity index (χ3n) is 2.40. The summed E-state index contributed by atoms with van der Waals surface area (Å²) in [6.07, 6.45) is 0.779. The summed E-state index contributed by atoms with van der Waals surface area (Å²) < 4.78 is 4.69. The number of carbonyl (C=O) groups excluding carboxylic acids is 1. The van der Waals surface area contributed by atoms with Crippen LogP contribution in [0, 0.1) is 6.92 Å². The van der Waals surface area contributed by atoms with E-state index in [1.165, 1.54) is 7.11 Å². The summed E-state index contributed by atoms with van der Waals surface area (Å²) in [5.74, 6) is -0.301. The van der Waals surface area contributed by atoms with Crippen LogP contribution >= 0.6 is 0 Å². The van der Waals surface area contributed by atoms with Crippen LogP contribution in [0.4, 0.5) is 5.69 Å². The molecule has 1 rings (SSSR count). The van der Waals surface area contributed by atoms with Crippen molar-refractivity contribution >= 4 is 11.7 Å². The number of ether oxygens (including phenoxy) is 1. The van der Waals surface area contributed by atoms with E-state index in [1.54, 1.807) is 12.1 Å². The molecule has 1 aromatic carbocycles. The summed E-state index contributed by atoms with van der Waals surface area (Å²) in [7, 11) is 1.38. The maximum Gasteiger partial charge on any atom is 0.338 e. The Bertz CT molecular complexity index is 359. The van der Waals surface area contributed by atoms with Crippen LogP contribution in [0.25, 0.3) is 0 Å². The molecule has 0 aliphatic carbocycles. The second-order valence-corrected chi connectivity index (χ2v) is 3.15. The van der Waals surface area contributed by atoms with E-state index in [0.29, 0.717) is 5.56 Å². The van der Waals surface area contributed by atoms with Crippen LogP contribution in [-0.4, -0.2) is 13.1 Å². The number of anilines is 1. The lowest BCUT2D eigenvalue weighted by Gasteiger charge is -2.11. The minimum absolute atomic E-state index is 0.301. The molecule has 0 saturated heterocycles. The van der Waals surface area contributed by atoms with Crippen molar-refractivity contribution in [1.82, 2.24) is 0 Å². The second-order valence-electron chi connectivity index (χ2n) is 3.15. The molecule has 0 saturated carbocycles. The largest absolute Gasteiger partial charge is 0.465 e. The molecule has 0 aromatic heterocycles. The van der Waals surface area contributed by atoms with E-state index in [1.807, 2.05) is 13.8 Å².